The standard InChI is InChI=1S/C9H7.C4H4P.C2H6Si.3CH3.2ClH.Ti/c1-2-5-9-7-3-6-8(9)4-1;1-2-4-5-3-1;1-3-2;;;;;;/h1-7H;1-3,5H;1-2H3;3*1H3;2*1H;/q2*-1;;3*-1;;;. The zero-order chi connectivity index (χ0) is 12.3. The van der Waals surface area contributed by atoms with Crippen LogP contribution in [0.25, 0.3) is 10.8 Å². The van der Waals surface area contributed by atoms with Crippen molar-refractivity contribution in [1.82, 2.24) is 0 Å². The Kier molecular flexibility index (Phi) is 45.3. The minimum Gasteiger partial charge on any atom is -0.358 e. The molecular formula is C18H28Cl2PSiTi-5. The van der Waals surface area contributed by atoms with E-state index in [1.54, 1.807) is 0 Å². The molecule has 2 aromatic carbocycles. The van der Waals surface area contributed by atoms with Crippen LogP contribution in [0.4, 0.5) is 0 Å². The molecule has 0 aliphatic heterocycles. The summed E-state index contributed by atoms with van der Waals surface area (Å²) < 4.78 is 0. The molecule has 0 N–H and O–H groups in total. The van der Waals surface area contributed by atoms with Gasteiger partial charge in [-0.05, 0) is 0 Å². The molecular weight excluding hydrogens is 394 g/mol. The summed E-state index contributed by atoms with van der Waals surface area (Å²) in [6.07, 6.45) is 0. The van der Waals surface area contributed by atoms with Gasteiger partial charge in [-0.25, -0.2) is 6.07 Å². The van der Waals surface area contributed by atoms with Crippen LogP contribution in [-0.4, -0.2) is 9.52 Å². The van der Waals surface area contributed by atoms with Gasteiger partial charge in [-0.2, -0.15) is 35.2 Å². The van der Waals surface area contributed by atoms with Crippen LogP contribution >= 0.6 is 33.0 Å². The maximum atomic E-state index is 3.01. The van der Waals surface area contributed by atoms with E-state index in [4.69, 9.17) is 0 Å². The molecule has 0 saturated heterocycles. The summed E-state index contributed by atoms with van der Waals surface area (Å²) >= 11 is 0. The maximum absolute atomic E-state index is 3.01. The first-order valence-corrected chi connectivity index (χ1v) is 8.64. The van der Waals surface area contributed by atoms with Gasteiger partial charge in [0.15, 0.2) is 0 Å². The van der Waals surface area contributed by atoms with Crippen molar-refractivity contribution in [2.75, 3.05) is 0 Å². The van der Waals surface area contributed by atoms with E-state index in [0.29, 0.717) is 0 Å². The smallest absolute Gasteiger partial charge is 0.0307 e. The monoisotopic (exact) mass is 421 g/mol. The van der Waals surface area contributed by atoms with Crippen molar-refractivity contribution in [3.05, 3.63) is 88.5 Å². The Morgan fingerprint density at radius 3 is 1.91 bits per heavy atom. The summed E-state index contributed by atoms with van der Waals surface area (Å²) in [5, 5.41) is 2.66. The van der Waals surface area contributed by atoms with Gasteiger partial charge in [0.05, 0.1) is 0 Å². The molecule has 3 aromatic rings. The van der Waals surface area contributed by atoms with Crippen molar-refractivity contribution in [2.24, 2.45) is 0 Å². The second-order valence-corrected chi connectivity index (χ2v) is 5.38. The summed E-state index contributed by atoms with van der Waals surface area (Å²) in [6, 6.07) is 18.6. The second-order valence-electron chi connectivity index (χ2n) is 3.47. The first-order chi connectivity index (χ1) is 8.38. The third-order valence-corrected chi connectivity index (χ3v) is 2.68. The molecule has 0 spiro atoms. The van der Waals surface area contributed by atoms with Crippen molar-refractivity contribution < 1.29 is 21.7 Å². The summed E-state index contributed by atoms with van der Waals surface area (Å²) in [6.45, 7) is 4.31. The molecule has 23 heavy (non-hydrogen) atoms. The Labute approximate surface area is 175 Å². The van der Waals surface area contributed by atoms with Gasteiger partial charge < -0.3 is 22.3 Å². The Bertz CT molecular complexity index is 451. The molecule has 0 bridgehead atoms. The van der Waals surface area contributed by atoms with Crippen LogP contribution in [0.2, 0.25) is 13.1 Å². The van der Waals surface area contributed by atoms with Crippen molar-refractivity contribution in [3.8, 4) is 0 Å². The van der Waals surface area contributed by atoms with E-state index in [0.717, 1.165) is 17.7 Å². The predicted molar refractivity (Wildman–Crippen MR) is 116 cm³/mol. The number of fused-ring (bicyclic) bond motifs is 1. The van der Waals surface area contributed by atoms with Gasteiger partial charge in [-0.15, -0.1) is 54.5 Å². The fraction of sp³-hybridized carbons (Fsp3) is 0.111. The van der Waals surface area contributed by atoms with E-state index >= 15 is 0 Å². The molecule has 1 atom stereocenters. The van der Waals surface area contributed by atoms with Crippen LogP contribution in [0.15, 0.2) is 60.4 Å². The first kappa shape index (κ1) is 38.6. The Morgan fingerprint density at radius 1 is 0.957 bits per heavy atom. The number of hydrogen-bond donors (Lipinski definition) is 0. The Hall–Kier alpha value is 0.121. The fourth-order valence-corrected chi connectivity index (χ4v) is 1.79. The van der Waals surface area contributed by atoms with Crippen LogP contribution in [-0.2, 0) is 21.7 Å². The van der Waals surface area contributed by atoms with Gasteiger partial charge in [0.2, 0.25) is 0 Å². The summed E-state index contributed by atoms with van der Waals surface area (Å²) in [5.74, 6) is 5.11. The van der Waals surface area contributed by atoms with Crippen LogP contribution in [0.1, 0.15) is 0 Å². The quantitative estimate of drug-likeness (QED) is 0.269. The molecule has 0 aliphatic rings. The van der Waals surface area contributed by atoms with Crippen molar-refractivity contribution in [3.63, 3.8) is 0 Å². The minimum atomic E-state index is 0. The summed E-state index contributed by atoms with van der Waals surface area (Å²) in [4.78, 5) is 0. The van der Waals surface area contributed by atoms with Crippen LogP contribution in [0, 0.1) is 28.1 Å². The molecule has 0 nitrogen and oxygen atoms in total. The minimum absolute atomic E-state index is 0. The van der Waals surface area contributed by atoms with Gasteiger partial charge in [-0.1, -0.05) is 19.2 Å². The van der Waals surface area contributed by atoms with E-state index in [1.807, 2.05) is 12.1 Å². The molecule has 0 saturated carbocycles. The molecule has 132 valence electrons. The molecule has 2 radical (unpaired) electrons. The molecule has 1 unspecified atom stereocenters. The fourth-order valence-electron chi connectivity index (χ4n) is 1.31. The van der Waals surface area contributed by atoms with Crippen LogP contribution in [0.3, 0.4) is 0 Å². The Morgan fingerprint density at radius 2 is 1.52 bits per heavy atom. The largest absolute Gasteiger partial charge is 0.358 e. The van der Waals surface area contributed by atoms with E-state index in [2.05, 4.69) is 67.2 Å². The molecule has 1 aromatic heterocycles. The van der Waals surface area contributed by atoms with Crippen LogP contribution in [0.5, 0.6) is 0 Å². The summed E-state index contributed by atoms with van der Waals surface area (Å²) in [7, 11) is 1.91. The van der Waals surface area contributed by atoms with Crippen molar-refractivity contribution in [2.45, 2.75) is 13.1 Å². The topological polar surface area (TPSA) is 0 Å². The molecule has 5 heteroatoms. The average molecular weight is 422 g/mol. The SMILES string of the molecule is C[Si]C.Cl.Cl.[CH3-].[CH3-].[CH3-].[Ti].[c-]1ccc[pH]1.c1ccc2[cH-]ccc2c1. The number of benzene rings is 1. The van der Waals surface area contributed by atoms with Gasteiger partial charge in [-0.3, -0.25) is 8.19 Å². The third-order valence-electron chi connectivity index (χ3n) is 1.99. The molecule has 0 fully saturated rings. The van der Waals surface area contributed by atoms with Gasteiger partial charge in [0.25, 0.3) is 0 Å². The van der Waals surface area contributed by atoms with Crippen molar-refractivity contribution >= 4 is 53.3 Å². The molecule has 3 rings (SSSR count). The van der Waals surface area contributed by atoms with E-state index in [9.17, 15) is 0 Å². The third kappa shape index (κ3) is 18.3. The zero-order valence-corrected chi connectivity index (χ0v) is 19.8. The second kappa shape index (κ2) is 27.0. The normalized spacial score (nSPS) is 6.87. The molecule has 0 aliphatic carbocycles. The van der Waals surface area contributed by atoms with Crippen LogP contribution < -0.4 is 0 Å². The van der Waals surface area contributed by atoms with Gasteiger partial charge in [0.1, 0.15) is 0 Å². The van der Waals surface area contributed by atoms with Gasteiger partial charge >= 0.3 is 0 Å². The molecule has 0 amide bonds. The van der Waals surface area contributed by atoms with E-state index in [1.165, 1.54) is 10.8 Å². The average Bonchev–Trinajstić information content (AvgIpc) is 3.05. The molecule has 1 heterocycles. The Balaban J connectivity index is -0.0000000464. The van der Waals surface area contributed by atoms with Crippen molar-refractivity contribution in [1.29, 1.82) is 0 Å². The maximum Gasteiger partial charge on any atom is 0.0307 e. The summed E-state index contributed by atoms with van der Waals surface area (Å²) in [5.41, 5.74) is 0. The zero-order valence-electron chi connectivity index (χ0n) is 14.6. The number of halogens is 2. The number of rotatable bonds is 0. The predicted octanol–water partition coefficient (Wildman–Crippen LogP) is 7.06. The first-order valence-electron chi connectivity index (χ1n) is 5.57. The van der Waals surface area contributed by atoms with E-state index < -0.39 is 0 Å². The van der Waals surface area contributed by atoms with Gasteiger partial charge in [0, 0.05) is 31.2 Å². The number of hydrogen-bond acceptors (Lipinski definition) is 0. The van der Waals surface area contributed by atoms with E-state index in [-0.39, 0.29) is 68.8 Å².